The van der Waals surface area contributed by atoms with Gasteiger partial charge in [-0.1, -0.05) is 30.3 Å². The Hall–Kier alpha value is -1.68. The van der Waals surface area contributed by atoms with Crippen molar-refractivity contribution in [3.05, 3.63) is 42.0 Å². The largest absolute Gasteiger partial charge is 0.323 e. The van der Waals surface area contributed by atoms with Gasteiger partial charge >= 0.3 is 6.03 Å². The second kappa shape index (κ2) is 5.75. The minimum absolute atomic E-state index is 0.0132. The molecule has 2 amide bonds. The van der Waals surface area contributed by atoms with Crippen LogP contribution in [0.2, 0.25) is 0 Å². The molecule has 4 heteroatoms. The Morgan fingerprint density at radius 2 is 1.80 bits per heavy atom. The molecular formula is C16H18N2OS. The minimum atomic E-state index is 0.0132. The molecule has 104 valence electrons. The van der Waals surface area contributed by atoms with Gasteiger partial charge in [-0.2, -0.15) is 11.8 Å². The number of carbonyl (C=O) groups is 1. The Bertz CT molecular complexity index is 635. The fourth-order valence-corrected chi connectivity index (χ4v) is 3.42. The van der Waals surface area contributed by atoms with Gasteiger partial charge in [0.25, 0.3) is 0 Å². The molecule has 20 heavy (non-hydrogen) atoms. The molecule has 3 nitrogen and oxygen atoms in total. The third-order valence-electron chi connectivity index (χ3n) is 3.68. The van der Waals surface area contributed by atoms with Crippen LogP contribution in [0.4, 0.5) is 10.5 Å². The van der Waals surface area contributed by atoms with E-state index in [1.807, 2.05) is 34.9 Å². The van der Waals surface area contributed by atoms with Gasteiger partial charge in [0.05, 0.1) is 5.69 Å². The highest BCUT2D eigenvalue weighted by atomic mass is 32.2. The number of carbonyl (C=O) groups excluding carboxylic acids is 1. The summed E-state index contributed by atoms with van der Waals surface area (Å²) in [5.41, 5.74) is 2.13. The summed E-state index contributed by atoms with van der Waals surface area (Å²) in [4.78, 5) is 14.2. The molecule has 0 atom stereocenters. The van der Waals surface area contributed by atoms with E-state index in [2.05, 4.69) is 30.4 Å². The molecule has 1 aliphatic rings. The lowest BCUT2D eigenvalue weighted by molar-refractivity contribution is 0.217. The number of nitrogens with one attached hydrogen (secondary N) is 1. The highest BCUT2D eigenvalue weighted by Gasteiger charge is 2.17. The monoisotopic (exact) mass is 286 g/mol. The number of fused-ring (bicyclic) bond motifs is 1. The van der Waals surface area contributed by atoms with E-state index in [1.165, 1.54) is 10.9 Å². The molecule has 0 aliphatic carbocycles. The van der Waals surface area contributed by atoms with Crippen LogP contribution in [-0.4, -0.2) is 35.5 Å². The molecule has 0 spiro atoms. The van der Waals surface area contributed by atoms with E-state index in [4.69, 9.17) is 0 Å². The lowest BCUT2D eigenvalue weighted by atomic mass is 10.0. The molecule has 1 saturated heterocycles. The van der Waals surface area contributed by atoms with Crippen LogP contribution in [0.25, 0.3) is 10.8 Å². The average molecular weight is 286 g/mol. The summed E-state index contributed by atoms with van der Waals surface area (Å²) in [6.07, 6.45) is 0. The Morgan fingerprint density at radius 3 is 2.55 bits per heavy atom. The molecule has 0 saturated carbocycles. The number of hydrogen-bond donors (Lipinski definition) is 1. The first kappa shape index (κ1) is 13.3. The van der Waals surface area contributed by atoms with Gasteiger partial charge in [0.1, 0.15) is 0 Å². The Balaban J connectivity index is 1.87. The first-order valence-corrected chi connectivity index (χ1v) is 8.03. The average Bonchev–Trinajstić information content (AvgIpc) is 2.51. The Labute approximate surface area is 123 Å². The molecule has 2 aromatic rings. The van der Waals surface area contributed by atoms with Gasteiger partial charge in [-0.05, 0) is 23.9 Å². The van der Waals surface area contributed by atoms with E-state index in [9.17, 15) is 4.79 Å². The van der Waals surface area contributed by atoms with Crippen molar-refractivity contribution in [3.8, 4) is 0 Å². The van der Waals surface area contributed by atoms with E-state index < -0.39 is 0 Å². The summed E-state index contributed by atoms with van der Waals surface area (Å²) in [5, 5.41) is 5.36. The predicted octanol–water partition coefficient (Wildman–Crippen LogP) is 3.73. The fraction of sp³-hybridized carbons (Fsp3) is 0.312. The molecule has 1 heterocycles. The number of benzene rings is 2. The number of urea groups is 1. The summed E-state index contributed by atoms with van der Waals surface area (Å²) in [5.74, 6) is 2.06. The maximum absolute atomic E-state index is 12.3. The van der Waals surface area contributed by atoms with E-state index in [0.717, 1.165) is 35.7 Å². The number of hydrogen-bond acceptors (Lipinski definition) is 2. The minimum Gasteiger partial charge on any atom is -0.323 e. The first-order chi connectivity index (χ1) is 9.75. The van der Waals surface area contributed by atoms with E-state index in [-0.39, 0.29) is 6.03 Å². The number of thioether (sulfide) groups is 1. The van der Waals surface area contributed by atoms with Gasteiger partial charge < -0.3 is 10.2 Å². The topological polar surface area (TPSA) is 32.3 Å². The Morgan fingerprint density at radius 1 is 1.10 bits per heavy atom. The van der Waals surface area contributed by atoms with Crippen molar-refractivity contribution < 1.29 is 4.79 Å². The van der Waals surface area contributed by atoms with Crippen molar-refractivity contribution in [2.75, 3.05) is 29.9 Å². The molecular weight excluding hydrogens is 268 g/mol. The standard InChI is InChI=1S/C16H18N2OS/c1-12-6-7-15(14-5-3-2-4-13(12)14)17-16(19)18-8-10-20-11-9-18/h2-7H,8-11H2,1H3,(H,17,19). The molecule has 0 bridgehead atoms. The third-order valence-corrected chi connectivity index (χ3v) is 4.62. The van der Waals surface area contributed by atoms with E-state index in [1.54, 1.807) is 0 Å². The maximum Gasteiger partial charge on any atom is 0.321 e. The number of amides is 2. The zero-order chi connectivity index (χ0) is 13.9. The third kappa shape index (κ3) is 2.61. The van der Waals surface area contributed by atoms with E-state index in [0.29, 0.717) is 0 Å². The number of anilines is 1. The molecule has 0 unspecified atom stereocenters. The van der Waals surface area contributed by atoms with Crippen LogP contribution < -0.4 is 5.32 Å². The van der Waals surface area contributed by atoms with Crippen LogP contribution in [0.15, 0.2) is 36.4 Å². The first-order valence-electron chi connectivity index (χ1n) is 6.88. The normalized spacial score (nSPS) is 15.3. The zero-order valence-corrected chi connectivity index (χ0v) is 12.4. The van der Waals surface area contributed by atoms with Crippen molar-refractivity contribution in [3.63, 3.8) is 0 Å². The lowest BCUT2D eigenvalue weighted by Crippen LogP contribution is -2.40. The Kier molecular flexibility index (Phi) is 3.83. The van der Waals surface area contributed by atoms with Crippen LogP contribution in [0.1, 0.15) is 5.56 Å². The lowest BCUT2D eigenvalue weighted by Gasteiger charge is -2.26. The van der Waals surface area contributed by atoms with Crippen molar-refractivity contribution >= 4 is 34.3 Å². The molecule has 3 rings (SSSR count). The summed E-state index contributed by atoms with van der Waals surface area (Å²) < 4.78 is 0. The molecule has 0 aromatic heterocycles. The smallest absolute Gasteiger partial charge is 0.321 e. The summed E-state index contributed by atoms with van der Waals surface area (Å²) in [6.45, 7) is 3.76. The van der Waals surface area contributed by atoms with Gasteiger partial charge in [-0.25, -0.2) is 4.79 Å². The highest BCUT2D eigenvalue weighted by Crippen LogP contribution is 2.26. The summed E-state index contributed by atoms with van der Waals surface area (Å²) in [7, 11) is 0. The summed E-state index contributed by atoms with van der Waals surface area (Å²) >= 11 is 1.91. The van der Waals surface area contributed by atoms with Gasteiger partial charge in [0.2, 0.25) is 0 Å². The predicted molar refractivity (Wildman–Crippen MR) is 86.6 cm³/mol. The van der Waals surface area contributed by atoms with Gasteiger partial charge in [-0.3, -0.25) is 0 Å². The van der Waals surface area contributed by atoms with Gasteiger partial charge in [0.15, 0.2) is 0 Å². The number of rotatable bonds is 1. The van der Waals surface area contributed by atoms with Crippen LogP contribution >= 0.6 is 11.8 Å². The molecule has 1 aliphatic heterocycles. The fourth-order valence-electron chi connectivity index (χ4n) is 2.52. The van der Waals surface area contributed by atoms with Crippen molar-refractivity contribution in [1.82, 2.24) is 4.90 Å². The maximum atomic E-state index is 12.3. The quantitative estimate of drug-likeness (QED) is 0.866. The van der Waals surface area contributed by atoms with Crippen molar-refractivity contribution in [2.45, 2.75) is 6.92 Å². The summed E-state index contributed by atoms with van der Waals surface area (Å²) in [6, 6.07) is 12.3. The van der Waals surface area contributed by atoms with Crippen LogP contribution in [0.5, 0.6) is 0 Å². The zero-order valence-electron chi connectivity index (χ0n) is 11.6. The van der Waals surface area contributed by atoms with E-state index >= 15 is 0 Å². The highest BCUT2D eigenvalue weighted by molar-refractivity contribution is 7.99. The van der Waals surface area contributed by atoms with Crippen molar-refractivity contribution in [2.24, 2.45) is 0 Å². The van der Waals surface area contributed by atoms with Gasteiger partial charge in [0, 0.05) is 30.0 Å². The van der Waals surface area contributed by atoms with Gasteiger partial charge in [-0.15, -0.1) is 0 Å². The molecule has 1 N–H and O–H groups in total. The number of nitrogens with zero attached hydrogens (tertiary/aromatic N) is 1. The van der Waals surface area contributed by atoms with Crippen LogP contribution in [0.3, 0.4) is 0 Å². The molecule has 0 radical (unpaired) electrons. The molecule has 2 aromatic carbocycles. The second-order valence-corrected chi connectivity index (χ2v) is 6.23. The SMILES string of the molecule is Cc1ccc(NC(=O)N2CCSCC2)c2ccccc12. The van der Waals surface area contributed by atoms with Crippen LogP contribution in [-0.2, 0) is 0 Å². The number of aryl methyl sites for hydroxylation is 1. The second-order valence-electron chi connectivity index (χ2n) is 5.01. The van der Waals surface area contributed by atoms with Crippen molar-refractivity contribution in [1.29, 1.82) is 0 Å². The molecule has 1 fully saturated rings. The van der Waals surface area contributed by atoms with Crippen LogP contribution in [0, 0.1) is 6.92 Å².